The van der Waals surface area contributed by atoms with Crippen LogP contribution < -0.4 is 10.6 Å². The third kappa shape index (κ3) is 3.67. The van der Waals surface area contributed by atoms with Crippen LogP contribution in [0.15, 0.2) is 96.0 Å². The molecule has 3 aromatic carbocycles. The first kappa shape index (κ1) is 15.5. The van der Waals surface area contributed by atoms with Crippen LogP contribution in [-0.4, -0.2) is 12.5 Å². The number of hydrogen-bond donors (Lipinski definition) is 0. The Balaban J connectivity index is 1.94. The van der Waals surface area contributed by atoms with Gasteiger partial charge >= 0.3 is 0 Å². The lowest BCUT2D eigenvalue weighted by molar-refractivity contribution is 0.587. The summed E-state index contributed by atoms with van der Waals surface area (Å²) in [5, 5.41) is 1.69. The molecule has 0 bridgehead atoms. The number of rotatable bonds is 5. The molecule has 0 N–H and O–H groups in total. The van der Waals surface area contributed by atoms with Crippen LogP contribution in [0.3, 0.4) is 0 Å². The summed E-state index contributed by atoms with van der Waals surface area (Å²) in [6.45, 7) is 0. The molecule has 0 saturated heterocycles. The molecule has 0 aliphatic carbocycles. The van der Waals surface area contributed by atoms with Gasteiger partial charge in [-0.15, -0.1) is 0 Å². The molecule has 0 spiro atoms. The van der Waals surface area contributed by atoms with E-state index in [1.54, 1.807) is 6.21 Å². The summed E-state index contributed by atoms with van der Waals surface area (Å²) in [5.74, 6) is 0. The molecule has 0 unspecified atom stereocenters. The third-order valence-electron chi connectivity index (χ3n) is 3.67. The predicted octanol–water partition coefficient (Wildman–Crippen LogP) is 4.08. The smallest absolute Gasteiger partial charge is 0.163 e. The van der Waals surface area contributed by atoms with Gasteiger partial charge < -0.3 is 4.57 Å². The Morgan fingerprint density at radius 1 is 0.696 bits per heavy atom. The number of hydrogen-bond acceptors (Lipinski definition) is 2. The lowest BCUT2D eigenvalue weighted by Gasteiger charge is -2.17. The van der Waals surface area contributed by atoms with Crippen molar-refractivity contribution in [3.8, 4) is 0 Å². The highest BCUT2D eigenvalue weighted by atomic mass is 31.2. The first-order valence-corrected chi connectivity index (χ1v) is 9.43. The van der Waals surface area contributed by atoms with E-state index >= 15 is 0 Å². The van der Waals surface area contributed by atoms with Gasteiger partial charge in [0.05, 0.1) is 6.29 Å². The maximum absolute atomic E-state index is 13.7. The van der Waals surface area contributed by atoms with Gasteiger partial charge in [0.25, 0.3) is 0 Å². The molecule has 0 aliphatic heterocycles. The van der Waals surface area contributed by atoms with Crippen LogP contribution in [0, 0.1) is 0 Å². The molecule has 3 aromatic rings. The van der Waals surface area contributed by atoms with Crippen molar-refractivity contribution in [3.63, 3.8) is 0 Å². The molecule has 0 radical (unpaired) electrons. The molecule has 0 amide bonds. The van der Waals surface area contributed by atoms with Crippen molar-refractivity contribution >= 4 is 24.0 Å². The highest BCUT2D eigenvalue weighted by molar-refractivity contribution is 7.78. The number of benzene rings is 3. The first-order chi connectivity index (χ1) is 11.3. The lowest BCUT2D eigenvalue weighted by atomic mass is 10.2. The summed E-state index contributed by atoms with van der Waals surface area (Å²) in [4.78, 5) is 4.48. The standard InChI is InChI=1S/C20H18NOP/c22-23(19-12-6-2-7-13-19,20-14-8-3-9-15-20)17-21-16-18-10-4-1-5-11-18/h1-16H,17H2/b21-16+. The Morgan fingerprint density at radius 2 is 1.13 bits per heavy atom. The van der Waals surface area contributed by atoms with Gasteiger partial charge in [-0.3, -0.25) is 4.99 Å². The average Bonchev–Trinajstić information content (AvgIpc) is 2.64. The van der Waals surface area contributed by atoms with Gasteiger partial charge in [0.2, 0.25) is 0 Å². The molecule has 0 atom stereocenters. The highest BCUT2D eigenvalue weighted by Gasteiger charge is 2.26. The van der Waals surface area contributed by atoms with Crippen molar-refractivity contribution in [2.45, 2.75) is 0 Å². The van der Waals surface area contributed by atoms with E-state index in [1.165, 1.54) is 0 Å². The Kier molecular flexibility index (Phi) is 4.85. The van der Waals surface area contributed by atoms with Crippen molar-refractivity contribution in [1.29, 1.82) is 0 Å². The Morgan fingerprint density at radius 3 is 1.61 bits per heavy atom. The van der Waals surface area contributed by atoms with E-state index < -0.39 is 7.14 Å². The second-order valence-electron chi connectivity index (χ2n) is 5.27. The molecule has 0 fully saturated rings. The van der Waals surface area contributed by atoms with Crippen LogP contribution in [0.25, 0.3) is 0 Å². The number of nitrogens with zero attached hydrogens (tertiary/aromatic N) is 1. The van der Waals surface area contributed by atoms with E-state index in [2.05, 4.69) is 4.99 Å². The maximum atomic E-state index is 13.7. The van der Waals surface area contributed by atoms with Gasteiger partial charge in [0.15, 0.2) is 7.14 Å². The fourth-order valence-corrected chi connectivity index (χ4v) is 4.69. The Bertz CT molecular complexity index is 771. The molecule has 2 nitrogen and oxygen atoms in total. The first-order valence-electron chi connectivity index (χ1n) is 7.54. The van der Waals surface area contributed by atoms with Crippen LogP contribution in [0.5, 0.6) is 0 Å². The van der Waals surface area contributed by atoms with Crippen LogP contribution in [0.4, 0.5) is 0 Å². The quantitative estimate of drug-likeness (QED) is 0.515. The minimum absolute atomic E-state index is 0.274. The zero-order valence-corrected chi connectivity index (χ0v) is 13.6. The van der Waals surface area contributed by atoms with Crippen LogP contribution >= 0.6 is 7.14 Å². The summed E-state index contributed by atoms with van der Waals surface area (Å²) in [7, 11) is -2.76. The molecule has 0 aliphatic rings. The van der Waals surface area contributed by atoms with E-state index in [9.17, 15) is 4.57 Å². The van der Waals surface area contributed by atoms with Crippen molar-refractivity contribution in [3.05, 3.63) is 96.6 Å². The molecule has 3 heteroatoms. The predicted molar refractivity (Wildman–Crippen MR) is 98.7 cm³/mol. The van der Waals surface area contributed by atoms with Gasteiger partial charge in [-0.1, -0.05) is 91.0 Å². The molecule has 23 heavy (non-hydrogen) atoms. The average molecular weight is 319 g/mol. The second-order valence-corrected chi connectivity index (χ2v) is 8.07. The van der Waals surface area contributed by atoms with E-state index in [0.717, 1.165) is 16.2 Å². The zero-order chi connectivity index (χ0) is 16.0. The summed E-state index contributed by atoms with van der Waals surface area (Å²) in [5.41, 5.74) is 1.01. The summed E-state index contributed by atoms with van der Waals surface area (Å²) in [6, 6.07) is 29.1. The molecule has 0 heterocycles. The second kappa shape index (κ2) is 7.21. The molecule has 3 rings (SSSR count). The van der Waals surface area contributed by atoms with Crippen molar-refractivity contribution in [2.24, 2.45) is 4.99 Å². The van der Waals surface area contributed by atoms with E-state index in [-0.39, 0.29) is 6.29 Å². The van der Waals surface area contributed by atoms with Gasteiger partial charge in [-0.25, -0.2) is 0 Å². The van der Waals surface area contributed by atoms with Crippen LogP contribution in [-0.2, 0) is 4.57 Å². The van der Waals surface area contributed by atoms with Crippen molar-refractivity contribution in [1.82, 2.24) is 0 Å². The Labute approximate surface area is 136 Å². The fraction of sp³-hybridized carbons (Fsp3) is 0.0500. The normalized spacial score (nSPS) is 11.7. The largest absolute Gasteiger partial charge is 0.312 e. The minimum atomic E-state index is -2.76. The van der Waals surface area contributed by atoms with Crippen LogP contribution in [0.1, 0.15) is 5.56 Å². The zero-order valence-electron chi connectivity index (χ0n) is 12.7. The monoisotopic (exact) mass is 319 g/mol. The van der Waals surface area contributed by atoms with Gasteiger partial charge in [0, 0.05) is 16.8 Å². The van der Waals surface area contributed by atoms with Gasteiger partial charge in [0.1, 0.15) is 0 Å². The Hall–Kier alpha value is -2.44. The maximum Gasteiger partial charge on any atom is 0.163 e. The van der Waals surface area contributed by atoms with E-state index in [4.69, 9.17) is 0 Å². The van der Waals surface area contributed by atoms with Gasteiger partial charge in [-0.2, -0.15) is 0 Å². The van der Waals surface area contributed by atoms with E-state index in [0.29, 0.717) is 0 Å². The van der Waals surface area contributed by atoms with Crippen LogP contribution in [0.2, 0.25) is 0 Å². The third-order valence-corrected chi connectivity index (χ3v) is 6.49. The van der Waals surface area contributed by atoms with Crippen molar-refractivity contribution in [2.75, 3.05) is 6.29 Å². The summed E-state index contributed by atoms with van der Waals surface area (Å²) in [6.07, 6.45) is 2.06. The minimum Gasteiger partial charge on any atom is -0.312 e. The topological polar surface area (TPSA) is 29.4 Å². The SMILES string of the molecule is O=P(C/N=C/c1ccccc1)(c1ccccc1)c1ccccc1. The number of aliphatic imine (C=N–C) groups is 1. The molecular weight excluding hydrogens is 301 g/mol. The summed E-state index contributed by atoms with van der Waals surface area (Å²) < 4.78 is 13.7. The molecular formula is C20H18NOP. The van der Waals surface area contributed by atoms with E-state index in [1.807, 2.05) is 91.0 Å². The fourth-order valence-electron chi connectivity index (χ4n) is 2.45. The van der Waals surface area contributed by atoms with Gasteiger partial charge in [-0.05, 0) is 5.56 Å². The highest BCUT2D eigenvalue weighted by Crippen LogP contribution is 2.43. The molecule has 114 valence electrons. The van der Waals surface area contributed by atoms with Crippen molar-refractivity contribution < 1.29 is 4.57 Å². The summed E-state index contributed by atoms with van der Waals surface area (Å²) >= 11 is 0. The molecule has 0 aromatic heterocycles. The lowest BCUT2D eigenvalue weighted by Crippen LogP contribution is -2.17. The molecule has 0 saturated carbocycles.